The standard InChI is InChI=1S/C26H23N3O2S/c1-3-18-29-23(19-10-6-4-7-11-19)25(32-26(29)27-21-12-8-5-9-13-21)28-24(30)20-14-16-22(31-2)17-15-20/h3-17H,1,18H2,2H3,(H,28,30). The molecule has 6 heteroatoms. The summed E-state index contributed by atoms with van der Waals surface area (Å²) in [5.74, 6) is 0.513. The Hall–Kier alpha value is -3.90. The Morgan fingerprint density at radius 2 is 1.69 bits per heavy atom. The van der Waals surface area contributed by atoms with E-state index in [-0.39, 0.29) is 5.91 Å². The molecule has 0 saturated carbocycles. The normalized spacial score (nSPS) is 11.2. The second kappa shape index (κ2) is 9.94. The number of methoxy groups -OCH3 is 1. The molecule has 1 aromatic heterocycles. The van der Waals surface area contributed by atoms with E-state index in [0.717, 1.165) is 26.7 Å². The van der Waals surface area contributed by atoms with Gasteiger partial charge in [0.25, 0.3) is 5.91 Å². The van der Waals surface area contributed by atoms with Crippen LogP contribution >= 0.6 is 11.3 Å². The molecular weight excluding hydrogens is 418 g/mol. The van der Waals surface area contributed by atoms with Crippen LogP contribution in [-0.2, 0) is 6.54 Å². The summed E-state index contributed by atoms with van der Waals surface area (Å²) in [4.78, 5) is 18.6. The first-order valence-corrected chi connectivity index (χ1v) is 11.0. The van der Waals surface area contributed by atoms with E-state index in [9.17, 15) is 4.79 Å². The number of ether oxygens (including phenoxy) is 1. The monoisotopic (exact) mass is 441 g/mol. The number of carbonyl (C=O) groups excluding carboxylic acids is 1. The second-order valence-corrected chi connectivity index (χ2v) is 7.94. The van der Waals surface area contributed by atoms with Gasteiger partial charge in [-0.25, -0.2) is 4.99 Å². The first kappa shape index (κ1) is 21.3. The zero-order chi connectivity index (χ0) is 22.3. The lowest BCUT2D eigenvalue weighted by atomic mass is 10.1. The van der Waals surface area contributed by atoms with E-state index >= 15 is 0 Å². The van der Waals surface area contributed by atoms with Crippen LogP contribution in [0.1, 0.15) is 10.4 Å². The number of nitrogens with zero attached hydrogens (tertiary/aromatic N) is 2. The number of allylic oxidation sites excluding steroid dienone is 1. The molecule has 1 amide bonds. The largest absolute Gasteiger partial charge is 0.497 e. The molecule has 4 aromatic rings. The van der Waals surface area contributed by atoms with Crippen molar-refractivity contribution in [1.29, 1.82) is 0 Å². The van der Waals surface area contributed by atoms with Crippen molar-refractivity contribution in [3.8, 4) is 17.0 Å². The Balaban J connectivity index is 1.83. The lowest BCUT2D eigenvalue weighted by molar-refractivity contribution is 0.102. The highest BCUT2D eigenvalue weighted by atomic mass is 32.1. The van der Waals surface area contributed by atoms with E-state index in [2.05, 4.69) is 16.5 Å². The van der Waals surface area contributed by atoms with Gasteiger partial charge in [0.2, 0.25) is 0 Å². The van der Waals surface area contributed by atoms with Crippen LogP contribution in [0.25, 0.3) is 11.3 Å². The number of para-hydroxylation sites is 1. The summed E-state index contributed by atoms with van der Waals surface area (Å²) >= 11 is 1.44. The van der Waals surface area contributed by atoms with Gasteiger partial charge in [-0.05, 0) is 36.4 Å². The predicted octanol–water partition coefficient (Wildman–Crippen LogP) is 5.90. The van der Waals surface area contributed by atoms with Crippen LogP contribution in [0, 0.1) is 0 Å². The van der Waals surface area contributed by atoms with Gasteiger partial charge in [0.15, 0.2) is 4.80 Å². The Morgan fingerprint density at radius 3 is 2.31 bits per heavy atom. The molecule has 0 fully saturated rings. The van der Waals surface area contributed by atoms with Crippen molar-refractivity contribution in [3.63, 3.8) is 0 Å². The lowest BCUT2D eigenvalue weighted by Crippen LogP contribution is -2.15. The predicted molar refractivity (Wildman–Crippen MR) is 131 cm³/mol. The van der Waals surface area contributed by atoms with Crippen molar-refractivity contribution >= 4 is 27.9 Å². The molecule has 0 spiro atoms. The summed E-state index contributed by atoms with van der Waals surface area (Å²) in [5, 5.41) is 3.82. The van der Waals surface area contributed by atoms with E-state index in [4.69, 9.17) is 9.73 Å². The van der Waals surface area contributed by atoms with E-state index in [1.165, 1.54) is 11.3 Å². The maximum absolute atomic E-state index is 13.0. The number of anilines is 1. The average molecular weight is 442 g/mol. The molecule has 160 valence electrons. The maximum atomic E-state index is 13.0. The van der Waals surface area contributed by atoms with Gasteiger partial charge in [-0.1, -0.05) is 65.9 Å². The Labute approximate surface area is 191 Å². The van der Waals surface area contributed by atoms with Crippen molar-refractivity contribution in [3.05, 3.63) is 108 Å². The number of hydrogen-bond donors (Lipinski definition) is 1. The number of hydrogen-bond acceptors (Lipinski definition) is 4. The molecule has 3 aromatic carbocycles. The van der Waals surface area contributed by atoms with Gasteiger partial charge in [0.1, 0.15) is 10.8 Å². The van der Waals surface area contributed by atoms with Crippen molar-refractivity contribution in [2.75, 3.05) is 12.4 Å². The second-order valence-electron chi connectivity index (χ2n) is 6.96. The van der Waals surface area contributed by atoms with Crippen LogP contribution < -0.4 is 14.9 Å². The number of thiazole rings is 1. The van der Waals surface area contributed by atoms with E-state index in [1.54, 1.807) is 31.4 Å². The third-order valence-corrected chi connectivity index (χ3v) is 5.82. The molecule has 0 aliphatic rings. The minimum atomic E-state index is -0.192. The number of amides is 1. The first-order valence-electron chi connectivity index (χ1n) is 10.1. The van der Waals surface area contributed by atoms with Gasteiger partial charge in [-0.2, -0.15) is 0 Å². The molecule has 32 heavy (non-hydrogen) atoms. The third-order valence-electron chi connectivity index (χ3n) is 4.83. The SMILES string of the molecule is C=CCn1c(-c2ccccc2)c(NC(=O)c2ccc(OC)cc2)sc1=Nc1ccccc1. The van der Waals surface area contributed by atoms with Crippen molar-refractivity contribution in [2.45, 2.75) is 6.54 Å². The van der Waals surface area contributed by atoms with Gasteiger partial charge in [-0.15, -0.1) is 6.58 Å². The van der Waals surface area contributed by atoms with Crippen LogP contribution in [0.4, 0.5) is 10.7 Å². The first-order chi connectivity index (χ1) is 15.7. The summed E-state index contributed by atoms with van der Waals surface area (Å²) in [5.41, 5.74) is 3.28. The topological polar surface area (TPSA) is 55.6 Å². The lowest BCUT2D eigenvalue weighted by Gasteiger charge is -2.10. The van der Waals surface area contributed by atoms with Gasteiger partial charge in [0.05, 0.1) is 18.5 Å². The molecule has 4 rings (SSSR count). The Bertz CT molecular complexity index is 1270. The van der Waals surface area contributed by atoms with Crippen LogP contribution in [0.5, 0.6) is 5.75 Å². The molecule has 5 nitrogen and oxygen atoms in total. The van der Waals surface area contributed by atoms with Crippen LogP contribution in [0.2, 0.25) is 0 Å². The van der Waals surface area contributed by atoms with Gasteiger partial charge in [0, 0.05) is 17.7 Å². The van der Waals surface area contributed by atoms with Gasteiger partial charge < -0.3 is 14.6 Å². The summed E-state index contributed by atoms with van der Waals surface area (Å²) in [6.45, 7) is 4.48. The van der Waals surface area contributed by atoms with E-state index in [0.29, 0.717) is 17.9 Å². The number of benzene rings is 3. The highest BCUT2D eigenvalue weighted by molar-refractivity contribution is 7.14. The summed E-state index contributed by atoms with van der Waals surface area (Å²) in [6.07, 6.45) is 1.83. The minimum absolute atomic E-state index is 0.192. The number of aromatic nitrogens is 1. The third kappa shape index (κ3) is 4.71. The summed E-state index contributed by atoms with van der Waals surface area (Å²) in [6, 6.07) is 26.8. The molecule has 1 N–H and O–H groups in total. The van der Waals surface area contributed by atoms with Crippen molar-refractivity contribution in [1.82, 2.24) is 4.57 Å². The zero-order valence-electron chi connectivity index (χ0n) is 17.7. The van der Waals surface area contributed by atoms with Gasteiger partial charge >= 0.3 is 0 Å². The Kier molecular flexibility index (Phi) is 6.63. The van der Waals surface area contributed by atoms with Gasteiger partial charge in [-0.3, -0.25) is 4.79 Å². The number of nitrogens with one attached hydrogen (secondary N) is 1. The average Bonchev–Trinajstić information content (AvgIpc) is 3.16. The Morgan fingerprint density at radius 1 is 1.03 bits per heavy atom. The molecule has 0 unspecified atom stereocenters. The minimum Gasteiger partial charge on any atom is -0.497 e. The van der Waals surface area contributed by atoms with Crippen molar-refractivity contribution in [2.24, 2.45) is 4.99 Å². The molecule has 1 heterocycles. The highest BCUT2D eigenvalue weighted by Crippen LogP contribution is 2.32. The molecule has 0 radical (unpaired) electrons. The fraction of sp³-hybridized carbons (Fsp3) is 0.0769. The fourth-order valence-electron chi connectivity index (χ4n) is 3.29. The van der Waals surface area contributed by atoms with Crippen LogP contribution in [0.15, 0.2) is 103 Å². The number of carbonyl (C=O) groups is 1. The highest BCUT2D eigenvalue weighted by Gasteiger charge is 2.18. The summed E-state index contributed by atoms with van der Waals surface area (Å²) < 4.78 is 7.26. The molecule has 0 saturated heterocycles. The van der Waals surface area contributed by atoms with Crippen LogP contribution in [-0.4, -0.2) is 17.6 Å². The molecule has 0 aliphatic heterocycles. The number of rotatable bonds is 7. The maximum Gasteiger partial charge on any atom is 0.256 e. The fourth-order valence-corrected chi connectivity index (χ4v) is 4.37. The molecule has 0 bridgehead atoms. The van der Waals surface area contributed by atoms with Crippen LogP contribution in [0.3, 0.4) is 0 Å². The molecule has 0 aliphatic carbocycles. The zero-order valence-corrected chi connectivity index (χ0v) is 18.5. The molecule has 0 atom stereocenters. The van der Waals surface area contributed by atoms with Crippen molar-refractivity contribution < 1.29 is 9.53 Å². The van der Waals surface area contributed by atoms with E-state index < -0.39 is 0 Å². The van der Waals surface area contributed by atoms with E-state index in [1.807, 2.05) is 66.7 Å². The molecular formula is C26H23N3O2S. The smallest absolute Gasteiger partial charge is 0.256 e. The summed E-state index contributed by atoms with van der Waals surface area (Å²) in [7, 11) is 1.60. The quantitative estimate of drug-likeness (QED) is 0.363.